The van der Waals surface area contributed by atoms with E-state index in [2.05, 4.69) is 5.32 Å². The highest BCUT2D eigenvalue weighted by Gasteiger charge is 2.30. The molecule has 13 heteroatoms. The third-order valence-corrected chi connectivity index (χ3v) is 4.52. The summed E-state index contributed by atoms with van der Waals surface area (Å²) >= 11 is 0. The number of halogens is 6. The maximum atomic E-state index is 13.6. The zero-order valence-electron chi connectivity index (χ0n) is 16.2. The molecule has 1 fully saturated rings. The molecule has 1 aliphatic heterocycles. The van der Waals surface area contributed by atoms with Crippen LogP contribution in [0.2, 0.25) is 0 Å². The van der Waals surface area contributed by atoms with Gasteiger partial charge in [0.25, 0.3) is 25.2 Å². The highest BCUT2D eigenvalue weighted by Crippen LogP contribution is 2.33. The van der Waals surface area contributed by atoms with Crippen molar-refractivity contribution in [2.24, 2.45) is 5.73 Å². The van der Waals surface area contributed by atoms with Gasteiger partial charge in [0.2, 0.25) is 5.91 Å². The van der Waals surface area contributed by atoms with Crippen molar-refractivity contribution in [3.63, 3.8) is 0 Å². The van der Waals surface area contributed by atoms with Crippen molar-refractivity contribution in [1.82, 2.24) is 4.90 Å². The predicted molar refractivity (Wildman–Crippen MR) is 99.6 cm³/mol. The number of nitrogens with two attached hydrogens (primary N) is 1. The van der Waals surface area contributed by atoms with Crippen LogP contribution in [-0.2, 0) is 14.3 Å². The molecular weight excluding hydrogens is 434 g/mol. The number of ether oxygens (including phenoxy) is 1. The van der Waals surface area contributed by atoms with Gasteiger partial charge in [0, 0.05) is 24.3 Å². The monoisotopic (exact) mass is 456 g/mol. The van der Waals surface area contributed by atoms with Crippen LogP contribution in [-0.4, -0.2) is 75.0 Å². The summed E-state index contributed by atoms with van der Waals surface area (Å²) in [6.45, 7) is -2.80. The topological polar surface area (TPSA) is 87.9 Å². The van der Waals surface area contributed by atoms with Gasteiger partial charge in [0.15, 0.2) is 0 Å². The second-order valence-electron chi connectivity index (χ2n) is 6.65. The third-order valence-electron chi connectivity index (χ3n) is 4.52. The van der Waals surface area contributed by atoms with Crippen LogP contribution < -0.4 is 16.0 Å². The smallest absolute Gasteiger partial charge is 0.265 e. The number of morpholine rings is 1. The van der Waals surface area contributed by atoms with E-state index in [0.717, 1.165) is 11.0 Å². The van der Waals surface area contributed by atoms with Crippen molar-refractivity contribution in [3.8, 4) is 0 Å². The number of nitrogens with one attached hydrogen (secondary N) is 1. The summed E-state index contributed by atoms with van der Waals surface area (Å²) in [6, 6.07) is 1.84. The second kappa shape index (κ2) is 11.3. The van der Waals surface area contributed by atoms with Gasteiger partial charge in [-0.3, -0.25) is 14.5 Å². The number of hydrogen-bond donors (Lipinski definition) is 2. The number of alkyl halides is 6. The molecule has 0 saturated carbocycles. The van der Waals surface area contributed by atoms with Crippen LogP contribution in [0.5, 0.6) is 0 Å². The molecule has 0 aliphatic carbocycles. The minimum atomic E-state index is -3.00. The van der Waals surface area contributed by atoms with Gasteiger partial charge >= 0.3 is 0 Å². The molecule has 0 unspecified atom stereocenters. The lowest BCUT2D eigenvalue weighted by Crippen LogP contribution is -2.51. The molecule has 3 N–H and O–H groups in total. The number of anilines is 2. The zero-order valence-corrected chi connectivity index (χ0v) is 16.2. The van der Waals surface area contributed by atoms with Gasteiger partial charge < -0.3 is 20.7 Å². The molecule has 1 aromatic carbocycles. The van der Waals surface area contributed by atoms with Crippen LogP contribution in [0.4, 0.5) is 37.7 Å². The number of hydrogen-bond acceptors (Lipinski definition) is 5. The molecule has 1 saturated heterocycles. The van der Waals surface area contributed by atoms with Crippen molar-refractivity contribution in [3.05, 3.63) is 23.8 Å². The fourth-order valence-corrected chi connectivity index (χ4v) is 3.16. The molecule has 2 amide bonds. The Morgan fingerprint density at radius 2 is 1.81 bits per heavy atom. The largest absolute Gasteiger partial charge is 0.370 e. The summed E-state index contributed by atoms with van der Waals surface area (Å²) in [4.78, 5) is 26.1. The van der Waals surface area contributed by atoms with Gasteiger partial charge in [-0.25, -0.2) is 26.3 Å². The van der Waals surface area contributed by atoms with Crippen molar-refractivity contribution in [2.75, 3.05) is 49.6 Å². The Hall–Kier alpha value is -2.38. The van der Waals surface area contributed by atoms with Gasteiger partial charge in [-0.1, -0.05) is 0 Å². The number of amides is 2. The molecule has 1 heterocycles. The minimum absolute atomic E-state index is 0.0614. The molecule has 0 bridgehead atoms. The molecule has 31 heavy (non-hydrogen) atoms. The minimum Gasteiger partial charge on any atom is -0.370 e. The summed E-state index contributed by atoms with van der Waals surface area (Å²) in [5.41, 5.74) is 4.69. The molecule has 0 radical (unpaired) electrons. The third kappa shape index (κ3) is 6.80. The maximum absolute atomic E-state index is 13.6. The average Bonchev–Trinajstić information content (AvgIpc) is 2.68. The van der Waals surface area contributed by atoms with E-state index in [1.54, 1.807) is 0 Å². The lowest BCUT2D eigenvalue weighted by Gasteiger charge is -2.30. The fraction of sp³-hybridized carbons (Fsp3) is 0.556. The Morgan fingerprint density at radius 3 is 2.32 bits per heavy atom. The number of carbonyl (C=O) groups excluding carboxylic acids is 2. The van der Waals surface area contributed by atoms with Crippen LogP contribution in [0.15, 0.2) is 18.2 Å². The first-order chi connectivity index (χ1) is 14.6. The number of carbonyl (C=O) groups is 2. The standard InChI is InChI=1S/C18H22F6N4O3/c19-14(20)7-27(8-15(21)22)13(6-25)18(30)26-10-1-2-12(11(5-10)17(23)24)28-3-4-31-9-16(28)29/h1-2,5,13-15,17H,3-4,6-9,25H2,(H,26,30)/t13-/m0/s1. The Bertz CT molecular complexity index is 758. The van der Waals surface area contributed by atoms with Crippen molar-refractivity contribution in [1.29, 1.82) is 0 Å². The van der Waals surface area contributed by atoms with Gasteiger partial charge in [0.1, 0.15) is 12.6 Å². The molecule has 1 atom stereocenters. The highest BCUT2D eigenvalue weighted by molar-refractivity contribution is 5.97. The van der Waals surface area contributed by atoms with Gasteiger partial charge in [0.05, 0.1) is 25.4 Å². The van der Waals surface area contributed by atoms with E-state index in [0.29, 0.717) is 4.90 Å². The SMILES string of the molecule is NC[C@@H](C(=O)Nc1ccc(N2CCOCC2=O)c(C(F)F)c1)N(CC(F)F)CC(F)F. The second-order valence-corrected chi connectivity index (χ2v) is 6.65. The van der Waals surface area contributed by atoms with E-state index in [9.17, 15) is 35.9 Å². The van der Waals surface area contributed by atoms with Crippen molar-refractivity contribution >= 4 is 23.2 Å². The van der Waals surface area contributed by atoms with Crippen LogP contribution >= 0.6 is 0 Å². The van der Waals surface area contributed by atoms with E-state index in [-0.39, 0.29) is 31.1 Å². The molecule has 7 nitrogen and oxygen atoms in total. The van der Waals surface area contributed by atoms with E-state index >= 15 is 0 Å². The van der Waals surface area contributed by atoms with Crippen molar-refractivity contribution < 1.29 is 40.7 Å². The first-order valence-electron chi connectivity index (χ1n) is 9.25. The van der Waals surface area contributed by atoms with Gasteiger partial charge in [-0.2, -0.15) is 0 Å². The first-order valence-corrected chi connectivity index (χ1v) is 9.25. The first kappa shape index (κ1) is 24.9. The van der Waals surface area contributed by atoms with E-state index in [1.165, 1.54) is 12.1 Å². The van der Waals surface area contributed by atoms with Crippen LogP contribution in [0.25, 0.3) is 0 Å². The lowest BCUT2D eigenvalue weighted by molar-refractivity contribution is -0.126. The van der Waals surface area contributed by atoms with E-state index < -0.39 is 62.3 Å². The molecule has 1 aliphatic rings. The van der Waals surface area contributed by atoms with Gasteiger partial charge in [-0.05, 0) is 18.2 Å². The Balaban J connectivity index is 2.24. The number of rotatable bonds is 10. The number of nitrogens with zero attached hydrogens (tertiary/aromatic N) is 2. The lowest BCUT2D eigenvalue weighted by atomic mass is 10.1. The van der Waals surface area contributed by atoms with E-state index in [4.69, 9.17) is 10.5 Å². The summed E-state index contributed by atoms with van der Waals surface area (Å²) in [5, 5.41) is 2.24. The van der Waals surface area contributed by atoms with Crippen molar-refractivity contribution in [2.45, 2.75) is 25.3 Å². The average molecular weight is 456 g/mol. The number of benzene rings is 1. The molecule has 0 aromatic heterocycles. The Morgan fingerprint density at radius 1 is 1.16 bits per heavy atom. The van der Waals surface area contributed by atoms with Gasteiger partial charge in [-0.15, -0.1) is 0 Å². The fourth-order valence-electron chi connectivity index (χ4n) is 3.16. The molecular formula is C18H22F6N4O3. The Kier molecular flexibility index (Phi) is 9.07. The van der Waals surface area contributed by atoms with E-state index in [1.807, 2.05) is 0 Å². The maximum Gasteiger partial charge on any atom is 0.265 e. The normalized spacial score (nSPS) is 16.0. The molecule has 0 spiro atoms. The quantitative estimate of drug-likeness (QED) is 0.527. The van der Waals surface area contributed by atoms with Crippen LogP contribution in [0.1, 0.15) is 12.0 Å². The summed E-state index contributed by atoms with van der Waals surface area (Å²) in [5.74, 6) is -1.51. The summed E-state index contributed by atoms with van der Waals surface area (Å²) in [6.07, 6.45) is -8.98. The molecule has 174 valence electrons. The molecule has 1 aromatic rings. The summed E-state index contributed by atoms with van der Waals surface area (Å²) < 4.78 is 83.1. The highest BCUT2D eigenvalue weighted by atomic mass is 19.3. The van der Waals surface area contributed by atoms with Crippen LogP contribution in [0, 0.1) is 0 Å². The Labute approximate surface area is 174 Å². The summed E-state index contributed by atoms with van der Waals surface area (Å²) in [7, 11) is 0. The van der Waals surface area contributed by atoms with Crippen LogP contribution in [0.3, 0.4) is 0 Å². The molecule has 2 rings (SSSR count). The zero-order chi connectivity index (χ0) is 23.1. The predicted octanol–water partition coefficient (Wildman–Crippen LogP) is 2.09.